The topological polar surface area (TPSA) is 60.6 Å². The van der Waals surface area contributed by atoms with Gasteiger partial charge in [0.15, 0.2) is 0 Å². The number of aliphatic hydroxyl groups is 1. The monoisotopic (exact) mass is 168 g/mol. The normalized spacial score (nSPS) is 12.8. The van der Waals surface area contributed by atoms with E-state index in [1.54, 1.807) is 24.4 Å². The van der Waals surface area contributed by atoms with Crippen LogP contribution in [-0.4, -0.2) is 23.2 Å². The van der Waals surface area contributed by atoms with E-state index in [4.69, 9.17) is 5.11 Å². The molecule has 1 aromatic rings. The molecular weight excluding hydrogens is 156 g/mol. The van der Waals surface area contributed by atoms with Gasteiger partial charge in [-0.3, -0.25) is 0 Å². The highest BCUT2D eigenvalue weighted by molar-refractivity contribution is 5.16. The van der Waals surface area contributed by atoms with Crippen LogP contribution in [0, 0.1) is 5.21 Å². The summed E-state index contributed by atoms with van der Waals surface area (Å²) in [5.74, 6) is 0.478. The van der Waals surface area contributed by atoms with Crippen LogP contribution < -0.4 is 5.06 Å². The molecular formula is C8H12N2O2. The Bertz CT molecular complexity index is 216. The molecule has 4 heteroatoms. The summed E-state index contributed by atoms with van der Waals surface area (Å²) in [5, 5.41) is 19.7. The first-order valence-corrected chi connectivity index (χ1v) is 3.89. The fourth-order valence-electron chi connectivity index (χ4n) is 0.895. The molecule has 12 heavy (non-hydrogen) atoms. The van der Waals surface area contributed by atoms with Crippen LogP contribution in [-0.2, 0) is 0 Å². The maximum Gasteiger partial charge on any atom is 0.225 e. The third-order valence-electron chi connectivity index (χ3n) is 1.51. The molecule has 1 rings (SSSR count). The molecule has 1 heterocycles. The third kappa shape index (κ3) is 2.58. The Hall–Kier alpha value is -0.970. The molecule has 2 N–H and O–H groups in total. The van der Waals surface area contributed by atoms with Gasteiger partial charge in [-0.15, -0.1) is 0 Å². The standard InChI is InChI=1S/C8H12N2O2/c11-7-3-6-10(12)8-4-1-2-5-9-8/h1-2,4-5,10-11H,3,6-7H2. The molecule has 0 amide bonds. The number of aliphatic hydroxyl groups excluding tert-OH is 1. The number of hydroxylamine groups is 1. The first kappa shape index (κ1) is 9.12. The van der Waals surface area contributed by atoms with Gasteiger partial charge in [0.05, 0.1) is 6.54 Å². The SMILES string of the molecule is [O-][NH+](CCCO)c1ccccn1. The highest BCUT2D eigenvalue weighted by Crippen LogP contribution is 1.91. The molecule has 0 aromatic carbocycles. The van der Waals surface area contributed by atoms with Crippen molar-refractivity contribution >= 4 is 5.82 Å². The maximum absolute atomic E-state index is 11.2. The zero-order valence-corrected chi connectivity index (χ0v) is 6.73. The van der Waals surface area contributed by atoms with Gasteiger partial charge in [-0.1, -0.05) is 6.07 Å². The number of nitrogens with zero attached hydrogens (tertiary/aromatic N) is 1. The average Bonchev–Trinajstić information content (AvgIpc) is 2.15. The van der Waals surface area contributed by atoms with Crippen molar-refractivity contribution in [3.63, 3.8) is 0 Å². The second-order valence-corrected chi connectivity index (χ2v) is 2.47. The van der Waals surface area contributed by atoms with Crippen molar-refractivity contribution in [2.45, 2.75) is 6.42 Å². The lowest BCUT2D eigenvalue weighted by atomic mass is 10.4. The Morgan fingerprint density at radius 3 is 2.92 bits per heavy atom. The molecule has 66 valence electrons. The van der Waals surface area contributed by atoms with Gasteiger partial charge in [-0.25, -0.2) is 4.98 Å². The second-order valence-electron chi connectivity index (χ2n) is 2.47. The zero-order valence-electron chi connectivity index (χ0n) is 6.73. The molecule has 0 radical (unpaired) electrons. The minimum atomic E-state index is -0.00958. The van der Waals surface area contributed by atoms with Crippen LogP contribution in [0.1, 0.15) is 6.42 Å². The first-order valence-electron chi connectivity index (χ1n) is 3.89. The van der Waals surface area contributed by atoms with Gasteiger partial charge < -0.3 is 15.4 Å². The molecule has 0 aliphatic carbocycles. The highest BCUT2D eigenvalue weighted by Gasteiger charge is 2.00. The lowest BCUT2D eigenvalue weighted by Crippen LogP contribution is -3.02. The van der Waals surface area contributed by atoms with Crippen LogP contribution in [0.3, 0.4) is 0 Å². The van der Waals surface area contributed by atoms with Gasteiger partial charge in [-0.05, 0) is 6.07 Å². The molecule has 1 unspecified atom stereocenters. The summed E-state index contributed by atoms with van der Waals surface area (Å²) in [6.07, 6.45) is 2.10. The van der Waals surface area contributed by atoms with E-state index in [1.165, 1.54) is 0 Å². The van der Waals surface area contributed by atoms with Crippen molar-refractivity contribution in [2.24, 2.45) is 0 Å². The lowest BCUT2D eigenvalue weighted by Gasteiger charge is -2.19. The number of hydrogen-bond acceptors (Lipinski definition) is 3. The summed E-state index contributed by atoms with van der Waals surface area (Å²) in [5.41, 5.74) is 0. The van der Waals surface area contributed by atoms with E-state index < -0.39 is 0 Å². The van der Waals surface area contributed by atoms with Gasteiger partial charge in [0, 0.05) is 25.3 Å². The van der Waals surface area contributed by atoms with Gasteiger partial charge in [0.25, 0.3) is 0 Å². The van der Waals surface area contributed by atoms with E-state index in [0.717, 1.165) is 0 Å². The minimum absolute atomic E-state index is 0.00958. The van der Waals surface area contributed by atoms with Crippen LogP contribution >= 0.6 is 0 Å². The number of nitrogens with one attached hydrogen (secondary N) is 1. The van der Waals surface area contributed by atoms with Crippen molar-refractivity contribution in [1.29, 1.82) is 0 Å². The molecule has 0 spiro atoms. The van der Waals surface area contributed by atoms with E-state index in [0.29, 0.717) is 18.8 Å². The van der Waals surface area contributed by atoms with E-state index in [-0.39, 0.29) is 11.7 Å². The Kier molecular flexibility index (Phi) is 3.66. The van der Waals surface area contributed by atoms with Crippen molar-refractivity contribution < 1.29 is 10.2 Å². The number of hydrogen-bond donors (Lipinski definition) is 2. The van der Waals surface area contributed by atoms with Crippen LogP contribution in [0.25, 0.3) is 0 Å². The summed E-state index contributed by atoms with van der Waals surface area (Å²) in [6.45, 7) is 0.423. The highest BCUT2D eigenvalue weighted by atomic mass is 16.5. The Labute approximate surface area is 71.0 Å². The van der Waals surface area contributed by atoms with E-state index in [2.05, 4.69) is 4.98 Å². The molecule has 0 fully saturated rings. The van der Waals surface area contributed by atoms with Crippen molar-refractivity contribution in [1.82, 2.24) is 4.98 Å². The average molecular weight is 168 g/mol. The molecule has 1 atom stereocenters. The Morgan fingerprint density at radius 1 is 1.50 bits per heavy atom. The minimum Gasteiger partial charge on any atom is -0.628 e. The van der Waals surface area contributed by atoms with Crippen LogP contribution in [0.15, 0.2) is 24.4 Å². The zero-order chi connectivity index (χ0) is 8.81. The number of aromatic nitrogens is 1. The van der Waals surface area contributed by atoms with Gasteiger partial charge in [0.1, 0.15) is 0 Å². The summed E-state index contributed by atoms with van der Waals surface area (Å²) >= 11 is 0. The first-order chi connectivity index (χ1) is 5.84. The Morgan fingerprint density at radius 2 is 2.33 bits per heavy atom. The van der Waals surface area contributed by atoms with Crippen molar-refractivity contribution in [3.05, 3.63) is 29.6 Å². The van der Waals surface area contributed by atoms with E-state index >= 15 is 0 Å². The van der Waals surface area contributed by atoms with Crippen LogP contribution in [0.5, 0.6) is 0 Å². The third-order valence-corrected chi connectivity index (χ3v) is 1.51. The van der Waals surface area contributed by atoms with Gasteiger partial charge in [-0.2, -0.15) is 0 Å². The molecule has 0 saturated heterocycles. The fourth-order valence-corrected chi connectivity index (χ4v) is 0.895. The molecule has 1 aromatic heterocycles. The smallest absolute Gasteiger partial charge is 0.225 e. The number of pyridine rings is 1. The molecule has 4 nitrogen and oxygen atoms in total. The van der Waals surface area contributed by atoms with Crippen molar-refractivity contribution in [3.8, 4) is 0 Å². The quantitative estimate of drug-likeness (QED) is 0.595. The summed E-state index contributed by atoms with van der Waals surface area (Å²) in [6, 6.07) is 5.22. The Balaban J connectivity index is 2.48. The van der Waals surface area contributed by atoms with Crippen LogP contribution in [0.4, 0.5) is 5.82 Å². The molecule has 0 saturated carbocycles. The van der Waals surface area contributed by atoms with Crippen molar-refractivity contribution in [2.75, 3.05) is 13.2 Å². The second kappa shape index (κ2) is 4.82. The van der Waals surface area contributed by atoms with Crippen LogP contribution in [0.2, 0.25) is 0 Å². The summed E-state index contributed by atoms with van der Waals surface area (Å²) < 4.78 is 0. The predicted octanol–water partition coefficient (Wildman–Crippen LogP) is -0.522. The van der Waals surface area contributed by atoms with Gasteiger partial charge >= 0.3 is 0 Å². The molecule has 0 bridgehead atoms. The molecule has 0 aliphatic rings. The largest absolute Gasteiger partial charge is 0.628 e. The lowest BCUT2D eigenvalue weighted by molar-refractivity contribution is -0.779. The fraction of sp³-hybridized carbons (Fsp3) is 0.375. The number of quaternary nitrogens is 1. The number of rotatable bonds is 4. The van der Waals surface area contributed by atoms with E-state index in [1.807, 2.05) is 0 Å². The van der Waals surface area contributed by atoms with E-state index in [9.17, 15) is 5.21 Å². The maximum atomic E-state index is 11.2. The molecule has 0 aliphatic heterocycles. The summed E-state index contributed by atoms with van der Waals surface area (Å²) in [4.78, 5) is 3.90. The predicted molar refractivity (Wildman–Crippen MR) is 44.8 cm³/mol. The van der Waals surface area contributed by atoms with Gasteiger partial charge in [0.2, 0.25) is 5.82 Å². The summed E-state index contributed by atoms with van der Waals surface area (Å²) in [7, 11) is 0.